The number of rotatable bonds is 4. The van der Waals surface area contributed by atoms with Crippen LogP contribution in [0.5, 0.6) is 0 Å². The van der Waals surface area contributed by atoms with E-state index in [1.54, 1.807) is 0 Å². The molecule has 2 unspecified atom stereocenters. The van der Waals surface area contributed by atoms with Crippen molar-refractivity contribution >= 4 is 11.8 Å². The molecule has 6 N–H and O–H groups in total. The topological polar surface area (TPSA) is 130 Å². The van der Waals surface area contributed by atoms with Crippen LogP contribution in [0.4, 0.5) is 0 Å². The van der Waals surface area contributed by atoms with Crippen LogP contribution in [0.1, 0.15) is 13.3 Å². The fourth-order valence-corrected chi connectivity index (χ4v) is 0.448. The van der Waals surface area contributed by atoms with Gasteiger partial charge in [-0.2, -0.15) is 0 Å². The van der Waals surface area contributed by atoms with Gasteiger partial charge in [0.15, 0.2) is 11.9 Å². The molecule has 12 heavy (non-hydrogen) atoms. The largest absolute Gasteiger partial charge is 0.479 e. The molecule has 0 saturated heterocycles. The Hall–Kier alpha value is -0.980. The summed E-state index contributed by atoms with van der Waals surface area (Å²) in [7, 11) is 0. The molecule has 6 heteroatoms. The molecule has 6 nitrogen and oxygen atoms in total. The van der Waals surface area contributed by atoms with E-state index in [1.807, 2.05) is 0 Å². The van der Waals surface area contributed by atoms with Gasteiger partial charge in [-0.1, -0.05) is 0 Å². The monoisotopic (exact) mass is 179 g/mol. The molecular weight excluding hydrogens is 166 g/mol. The van der Waals surface area contributed by atoms with Crippen LogP contribution in [0.2, 0.25) is 0 Å². The van der Waals surface area contributed by atoms with Crippen LogP contribution < -0.4 is 6.15 Å². The molecule has 0 heterocycles. The number of Topliss-reactive ketones (excluding diaryl/α,β-unsaturated/α-hetero) is 1. The number of hydrogen-bond donors (Lipinski definition) is 4. The second kappa shape index (κ2) is 5.64. The van der Waals surface area contributed by atoms with Crippen LogP contribution in [0, 0.1) is 0 Å². The molecular formula is C6H13NO5. The van der Waals surface area contributed by atoms with Gasteiger partial charge < -0.3 is 21.5 Å². The van der Waals surface area contributed by atoms with Gasteiger partial charge in [0, 0.05) is 6.42 Å². The van der Waals surface area contributed by atoms with Crippen LogP contribution in [-0.4, -0.2) is 39.3 Å². The van der Waals surface area contributed by atoms with Crippen molar-refractivity contribution in [3.63, 3.8) is 0 Å². The summed E-state index contributed by atoms with van der Waals surface area (Å²) >= 11 is 0. The number of carbonyl (C=O) groups excluding carboxylic acids is 1. The minimum absolute atomic E-state index is 0. The third-order valence-electron chi connectivity index (χ3n) is 1.15. The maximum atomic E-state index is 10.6. The second-order valence-electron chi connectivity index (χ2n) is 2.20. The fourth-order valence-electron chi connectivity index (χ4n) is 0.448. The first-order valence-electron chi connectivity index (χ1n) is 3.06. The Morgan fingerprint density at radius 3 is 2.00 bits per heavy atom. The molecule has 0 radical (unpaired) electrons. The Morgan fingerprint density at radius 2 is 1.75 bits per heavy atom. The number of carbonyl (C=O) groups is 2. The van der Waals surface area contributed by atoms with Gasteiger partial charge in [0.25, 0.3) is 0 Å². The van der Waals surface area contributed by atoms with Crippen molar-refractivity contribution in [1.82, 2.24) is 6.15 Å². The number of carboxylic acid groups (broad SMARTS) is 1. The summed E-state index contributed by atoms with van der Waals surface area (Å²) in [5.74, 6) is -2.14. The number of aliphatic hydroxyl groups is 2. The van der Waals surface area contributed by atoms with E-state index >= 15 is 0 Å². The van der Waals surface area contributed by atoms with Crippen molar-refractivity contribution in [2.24, 2.45) is 0 Å². The number of ketones is 1. The summed E-state index contributed by atoms with van der Waals surface area (Å²) in [4.78, 5) is 20.6. The van der Waals surface area contributed by atoms with Crippen LogP contribution in [0.25, 0.3) is 0 Å². The van der Waals surface area contributed by atoms with Crippen LogP contribution in [-0.2, 0) is 9.59 Å². The van der Waals surface area contributed by atoms with E-state index < -0.39 is 30.4 Å². The maximum Gasteiger partial charge on any atom is 0.332 e. The summed E-state index contributed by atoms with van der Waals surface area (Å²) < 4.78 is 0. The summed E-state index contributed by atoms with van der Waals surface area (Å²) in [6.45, 7) is 1.22. The number of carboxylic acids is 1. The minimum atomic E-state index is -1.71. The highest BCUT2D eigenvalue weighted by Crippen LogP contribution is 1.96. The van der Waals surface area contributed by atoms with Crippen molar-refractivity contribution in [2.45, 2.75) is 25.6 Å². The van der Waals surface area contributed by atoms with Crippen molar-refractivity contribution in [3.8, 4) is 0 Å². The summed E-state index contributed by atoms with van der Waals surface area (Å²) in [6.07, 6.45) is -3.48. The third-order valence-corrected chi connectivity index (χ3v) is 1.15. The normalized spacial score (nSPS) is 14.2. The van der Waals surface area contributed by atoms with E-state index in [4.69, 9.17) is 15.3 Å². The molecule has 0 aliphatic rings. The van der Waals surface area contributed by atoms with E-state index in [2.05, 4.69) is 0 Å². The van der Waals surface area contributed by atoms with E-state index in [9.17, 15) is 9.59 Å². The maximum absolute atomic E-state index is 10.6. The quantitative estimate of drug-likeness (QED) is 0.435. The molecule has 0 rings (SSSR count). The fraction of sp³-hybridized carbons (Fsp3) is 0.667. The highest BCUT2D eigenvalue weighted by molar-refractivity contribution is 5.87. The van der Waals surface area contributed by atoms with Crippen molar-refractivity contribution in [3.05, 3.63) is 0 Å². The third kappa shape index (κ3) is 4.78. The minimum Gasteiger partial charge on any atom is -0.479 e. The molecule has 0 fully saturated rings. The lowest BCUT2D eigenvalue weighted by Gasteiger charge is -2.05. The van der Waals surface area contributed by atoms with E-state index in [0.29, 0.717) is 0 Å². The Balaban J connectivity index is 0. The van der Waals surface area contributed by atoms with Crippen molar-refractivity contribution in [2.75, 3.05) is 0 Å². The van der Waals surface area contributed by atoms with Crippen LogP contribution in [0.15, 0.2) is 0 Å². The predicted octanol–water partition coefficient (Wildman–Crippen LogP) is -1.07. The predicted molar refractivity (Wildman–Crippen MR) is 40.0 cm³/mol. The van der Waals surface area contributed by atoms with Crippen LogP contribution >= 0.6 is 0 Å². The lowest BCUT2D eigenvalue weighted by Crippen LogP contribution is -2.27. The Morgan fingerprint density at radius 1 is 1.33 bits per heavy atom. The van der Waals surface area contributed by atoms with Gasteiger partial charge in [0.2, 0.25) is 0 Å². The lowest BCUT2D eigenvalue weighted by molar-refractivity contribution is -0.149. The second-order valence-corrected chi connectivity index (χ2v) is 2.20. The smallest absolute Gasteiger partial charge is 0.332 e. The Bertz CT molecular complexity index is 167. The highest BCUT2D eigenvalue weighted by atomic mass is 16.4. The summed E-state index contributed by atoms with van der Waals surface area (Å²) in [5.41, 5.74) is 0. The first-order valence-corrected chi connectivity index (χ1v) is 3.06. The molecule has 0 aromatic rings. The molecule has 72 valence electrons. The molecule has 0 aliphatic carbocycles. The molecule has 2 atom stereocenters. The van der Waals surface area contributed by atoms with Gasteiger partial charge in [0.05, 0.1) is 0 Å². The summed E-state index contributed by atoms with van der Waals surface area (Å²) in [5, 5.41) is 25.3. The summed E-state index contributed by atoms with van der Waals surface area (Å²) in [6, 6.07) is 0. The zero-order valence-corrected chi connectivity index (χ0v) is 6.73. The first-order chi connectivity index (χ1) is 4.95. The van der Waals surface area contributed by atoms with E-state index in [1.165, 1.54) is 6.92 Å². The van der Waals surface area contributed by atoms with Crippen molar-refractivity contribution in [1.29, 1.82) is 0 Å². The average Bonchev–Trinajstić information content (AvgIpc) is 1.87. The van der Waals surface area contributed by atoms with Gasteiger partial charge in [-0.25, -0.2) is 4.79 Å². The molecule has 0 aromatic carbocycles. The molecule has 0 bridgehead atoms. The lowest BCUT2D eigenvalue weighted by atomic mass is 10.1. The molecule has 0 aliphatic heterocycles. The number of hydrogen-bond acceptors (Lipinski definition) is 5. The molecule has 0 saturated carbocycles. The van der Waals surface area contributed by atoms with Gasteiger partial charge in [0.1, 0.15) is 6.10 Å². The standard InChI is InChI=1S/C6H10O5.H3N/c1-3(7)4(8)2-5(9)6(10)11;/h3,5,7,9H,2H2,1H3,(H,10,11);1H3. The number of aliphatic hydroxyl groups excluding tert-OH is 2. The average molecular weight is 179 g/mol. The number of aliphatic carboxylic acids is 1. The Kier molecular flexibility index (Phi) is 6.39. The van der Waals surface area contributed by atoms with Crippen LogP contribution in [0.3, 0.4) is 0 Å². The molecule has 0 aromatic heterocycles. The van der Waals surface area contributed by atoms with Gasteiger partial charge >= 0.3 is 5.97 Å². The van der Waals surface area contributed by atoms with Gasteiger partial charge in [-0.3, -0.25) is 4.79 Å². The zero-order valence-electron chi connectivity index (χ0n) is 6.73. The SMILES string of the molecule is CC(O)C(=O)CC(O)C(=O)O.N. The van der Waals surface area contributed by atoms with Gasteiger partial charge in [-0.05, 0) is 6.92 Å². The zero-order chi connectivity index (χ0) is 9.02. The van der Waals surface area contributed by atoms with E-state index in [-0.39, 0.29) is 6.15 Å². The first kappa shape index (κ1) is 13.6. The Labute approximate surface area is 69.4 Å². The van der Waals surface area contributed by atoms with Gasteiger partial charge in [-0.15, -0.1) is 0 Å². The molecule has 0 amide bonds. The van der Waals surface area contributed by atoms with Crippen molar-refractivity contribution < 1.29 is 24.9 Å². The van der Waals surface area contributed by atoms with E-state index in [0.717, 1.165) is 0 Å². The molecule has 0 spiro atoms. The highest BCUT2D eigenvalue weighted by Gasteiger charge is 2.20.